The van der Waals surface area contributed by atoms with Crippen molar-refractivity contribution in [1.82, 2.24) is 0 Å². The average molecular weight is 467 g/mol. The highest BCUT2D eigenvalue weighted by Gasteiger charge is 2.25. The predicted octanol–water partition coefficient (Wildman–Crippen LogP) is 4.16. The first-order chi connectivity index (χ1) is 10.6. The number of hydrogen-bond donors (Lipinski definition) is 2. The topological polar surface area (TPSA) is 83.5 Å². The maximum absolute atomic E-state index is 14.0. The van der Waals surface area contributed by atoms with Gasteiger partial charge in [-0.05, 0) is 57.0 Å². The molecule has 0 atom stereocenters. The highest BCUT2D eigenvalue weighted by atomic mass is 79.9. The number of carbonyl (C=O) groups is 1. The molecular weight excluding hydrogens is 457 g/mol. The zero-order chi connectivity index (χ0) is 17.4. The zero-order valence-corrected chi connectivity index (χ0v) is 15.6. The van der Waals surface area contributed by atoms with E-state index in [1.807, 2.05) is 0 Å². The minimum absolute atomic E-state index is 0.0605. The summed E-state index contributed by atoms with van der Waals surface area (Å²) in [6, 6.07) is 7.19. The maximum Gasteiger partial charge on any atom is 0.340 e. The zero-order valence-electron chi connectivity index (χ0n) is 11.6. The number of anilines is 1. The van der Waals surface area contributed by atoms with Crippen LogP contribution >= 0.6 is 31.9 Å². The van der Waals surface area contributed by atoms with Crippen molar-refractivity contribution in [3.63, 3.8) is 0 Å². The SMILES string of the molecule is Cc1ccc(S(=O)(=O)Nc2c(Br)cc(Br)c(F)c2C(=O)O)cc1. The first kappa shape index (κ1) is 17.9. The summed E-state index contributed by atoms with van der Waals surface area (Å²) < 4.78 is 40.9. The standard InChI is InChI=1S/C14H10Br2FNO4S/c1-7-2-4-8(5-3-7)23(21,22)18-13-10(16)6-9(15)12(17)11(13)14(19)20/h2-6,18H,1H3,(H,19,20). The van der Waals surface area contributed by atoms with Gasteiger partial charge in [0.05, 0.1) is 15.1 Å². The minimum atomic E-state index is -4.06. The molecule has 2 aromatic rings. The summed E-state index contributed by atoms with van der Waals surface area (Å²) in [4.78, 5) is 11.2. The summed E-state index contributed by atoms with van der Waals surface area (Å²) in [7, 11) is -4.06. The number of nitrogens with one attached hydrogen (secondary N) is 1. The van der Waals surface area contributed by atoms with Crippen LogP contribution in [-0.4, -0.2) is 19.5 Å². The van der Waals surface area contributed by atoms with Gasteiger partial charge in [0.25, 0.3) is 10.0 Å². The van der Waals surface area contributed by atoms with Gasteiger partial charge in [0.1, 0.15) is 5.56 Å². The van der Waals surface area contributed by atoms with Crippen LogP contribution in [0.3, 0.4) is 0 Å². The molecule has 2 aromatic carbocycles. The Morgan fingerprint density at radius 1 is 1.17 bits per heavy atom. The lowest BCUT2D eigenvalue weighted by Gasteiger charge is -2.14. The Morgan fingerprint density at radius 3 is 2.26 bits per heavy atom. The molecule has 0 aliphatic carbocycles. The molecule has 0 spiro atoms. The van der Waals surface area contributed by atoms with Crippen LogP contribution in [0.4, 0.5) is 10.1 Å². The average Bonchev–Trinajstić information content (AvgIpc) is 2.44. The van der Waals surface area contributed by atoms with Gasteiger partial charge in [-0.1, -0.05) is 17.7 Å². The van der Waals surface area contributed by atoms with Crippen LogP contribution in [0.15, 0.2) is 44.2 Å². The second-order valence-corrected chi connectivity index (χ2v) is 8.02. The molecule has 0 unspecified atom stereocenters. The Kier molecular flexibility index (Phi) is 5.12. The molecule has 0 bridgehead atoms. The van der Waals surface area contributed by atoms with Gasteiger partial charge in [-0.15, -0.1) is 0 Å². The van der Waals surface area contributed by atoms with E-state index in [1.165, 1.54) is 18.2 Å². The number of benzene rings is 2. The van der Waals surface area contributed by atoms with Crippen molar-refractivity contribution in [3.8, 4) is 0 Å². The van der Waals surface area contributed by atoms with E-state index >= 15 is 0 Å². The lowest BCUT2D eigenvalue weighted by atomic mass is 10.2. The molecule has 23 heavy (non-hydrogen) atoms. The van der Waals surface area contributed by atoms with Crippen LogP contribution in [0.1, 0.15) is 15.9 Å². The molecule has 0 radical (unpaired) electrons. The Bertz CT molecular complexity index is 883. The lowest BCUT2D eigenvalue weighted by Crippen LogP contribution is -2.17. The van der Waals surface area contributed by atoms with Crippen LogP contribution in [-0.2, 0) is 10.0 Å². The minimum Gasteiger partial charge on any atom is -0.478 e. The lowest BCUT2D eigenvalue weighted by molar-refractivity contribution is 0.0693. The van der Waals surface area contributed by atoms with Crippen molar-refractivity contribution in [3.05, 3.63) is 56.2 Å². The smallest absolute Gasteiger partial charge is 0.340 e. The summed E-state index contributed by atoms with van der Waals surface area (Å²) in [6.07, 6.45) is 0. The maximum atomic E-state index is 14.0. The number of carboxylic acid groups (broad SMARTS) is 1. The third kappa shape index (κ3) is 3.73. The van der Waals surface area contributed by atoms with E-state index < -0.39 is 27.4 Å². The van der Waals surface area contributed by atoms with Gasteiger partial charge >= 0.3 is 5.97 Å². The molecule has 9 heteroatoms. The number of aryl methyl sites for hydroxylation is 1. The Labute approximate surface area is 148 Å². The molecule has 5 nitrogen and oxygen atoms in total. The first-order valence-corrected chi connectivity index (χ1v) is 9.20. The molecule has 2 rings (SSSR count). The molecular formula is C14H10Br2FNO4S. The summed E-state index contributed by atoms with van der Waals surface area (Å²) >= 11 is 5.94. The normalized spacial score (nSPS) is 11.3. The molecule has 0 amide bonds. The van der Waals surface area contributed by atoms with Crippen molar-refractivity contribution >= 4 is 53.5 Å². The highest BCUT2D eigenvalue weighted by molar-refractivity contribution is 9.11. The molecule has 0 fully saturated rings. The number of halogens is 3. The quantitative estimate of drug-likeness (QED) is 0.662. The summed E-state index contributed by atoms with van der Waals surface area (Å²) in [5.41, 5.74) is -0.285. The van der Waals surface area contributed by atoms with Crippen molar-refractivity contribution in [2.75, 3.05) is 4.72 Å². The number of rotatable bonds is 4. The van der Waals surface area contributed by atoms with E-state index in [2.05, 4.69) is 36.6 Å². The van der Waals surface area contributed by atoms with Gasteiger partial charge in [0.2, 0.25) is 0 Å². The fourth-order valence-corrected chi connectivity index (χ4v) is 4.29. The molecule has 2 N–H and O–H groups in total. The molecule has 0 aliphatic heterocycles. The van der Waals surface area contributed by atoms with Crippen molar-refractivity contribution in [2.24, 2.45) is 0 Å². The van der Waals surface area contributed by atoms with E-state index in [4.69, 9.17) is 0 Å². The largest absolute Gasteiger partial charge is 0.478 e. The number of hydrogen-bond acceptors (Lipinski definition) is 3. The van der Waals surface area contributed by atoms with E-state index in [1.54, 1.807) is 19.1 Å². The van der Waals surface area contributed by atoms with E-state index in [0.717, 1.165) is 5.56 Å². The number of sulfonamides is 1. The molecule has 0 aliphatic rings. The fraction of sp³-hybridized carbons (Fsp3) is 0.0714. The van der Waals surface area contributed by atoms with Crippen molar-refractivity contribution in [1.29, 1.82) is 0 Å². The first-order valence-electron chi connectivity index (χ1n) is 6.13. The van der Waals surface area contributed by atoms with Crippen LogP contribution in [0, 0.1) is 12.7 Å². The van der Waals surface area contributed by atoms with Crippen molar-refractivity contribution in [2.45, 2.75) is 11.8 Å². The van der Waals surface area contributed by atoms with Gasteiger partial charge < -0.3 is 5.11 Å². The Morgan fingerprint density at radius 2 is 1.74 bits per heavy atom. The molecule has 0 aromatic heterocycles. The predicted molar refractivity (Wildman–Crippen MR) is 90.7 cm³/mol. The monoisotopic (exact) mass is 465 g/mol. The van der Waals surface area contributed by atoms with Crippen LogP contribution in [0.25, 0.3) is 0 Å². The summed E-state index contributed by atoms with van der Waals surface area (Å²) in [5, 5.41) is 9.18. The van der Waals surface area contributed by atoms with Crippen LogP contribution < -0.4 is 4.72 Å². The van der Waals surface area contributed by atoms with Gasteiger partial charge in [-0.25, -0.2) is 17.6 Å². The van der Waals surface area contributed by atoms with Crippen LogP contribution in [0.2, 0.25) is 0 Å². The highest BCUT2D eigenvalue weighted by Crippen LogP contribution is 2.35. The van der Waals surface area contributed by atoms with Gasteiger partial charge in [0.15, 0.2) is 5.82 Å². The molecule has 0 saturated carbocycles. The molecule has 0 saturated heterocycles. The summed E-state index contributed by atoms with van der Waals surface area (Å²) in [5.74, 6) is -2.66. The van der Waals surface area contributed by atoms with Crippen LogP contribution in [0.5, 0.6) is 0 Å². The van der Waals surface area contributed by atoms with Crippen molar-refractivity contribution < 1.29 is 22.7 Å². The Hall–Kier alpha value is -1.45. The van der Waals surface area contributed by atoms with Gasteiger partial charge in [-0.3, -0.25) is 4.72 Å². The fourth-order valence-electron chi connectivity index (χ4n) is 1.81. The van der Waals surface area contributed by atoms with Gasteiger partial charge in [0, 0.05) is 4.47 Å². The van der Waals surface area contributed by atoms with E-state index in [-0.39, 0.29) is 19.5 Å². The van der Waals surface area contributed by atoms with E-state index in [0.29, 0.717) is 0 Å². The third-order valence-electron chi connectivity index (χ3n) is 2.95. The molecule has 0 heterocycles. The second-order valence-electron chi connectivity index (χ2n) is 4.63. The number of carboxylic acids is 1. The van der Waals surface area contributed by atoms with E-state index in [9.17, 15) is 22.7 Å². The summed E-state index contributed by atoms with van der Waals surface area (Å²) in [6.45, 7) is 1.80. The van der Waals surface area contributed by atoms with Gasteiger partial charge in [-0.2, -0.15) is 0 Å². The second kappa shape index (κ2) is 6.58. The Balaban J connectivity index is 2.57. The number of aromatic carboxylic acids is 1. The third-order valence-corrected chi connectivity index (χ3v) is 5.52. The molecule has 122 valence electrons.